The zero-order chi connectivity index (χ0) is 19.0. The van der Waals surface area contributed by atoms with Gasteiger partial charge in [-0.05, 0) is 23.7 Å². The Morgan fingerprint density at radius 3 is 2.74 bits per heavy atom. The van der Waals surface area contributed by atoms with Crippen LogP contribution in [0, 0.1) is 10.1 Å². The van der Waals surface area contributed by atoms with E-state index in [-0.39, 0.29) is 15.9 Å². The monoisotopic (exact) mass is 403 g/mol. The summed E-state index contributed by atoms with van der Waals surface area (Å²) in [6.45, 7) is 6.85. The summed E-state index contributed by atoms with van der Waals surface area (Å²) >= 11 is 7.66. The number of piperazine rings is 1. The van der Waals surface area contributed by atoms with Crippen LogP contribution in [0.3, 0.4) is 0 Å². The average molecular weight is 404 g/mol. The van der Waals surface area contributed by atoms with Gasteiger partial charge in [0.1, 0.15) is 10.6 Å². The van der Waals surface area contributed by atoms with Crippen molar-refractivity contribution in [2.45, 2.75) is 6.92 Å². The van der Waals surface area contributed by atoms with Crippen LogP contribution in [0.25, 0.3) is 21.3 Å². The molecule has 3 aromatic rings. The standard InChI is InChI=1S/C18H18ClN5O2S/c1-2-22-6-8-23(9-7-22)16-15-14(11-27-17(15)21-18(19)20-16)12-4-3-5-13(10-12)24(25)26/h3-5,10-11H,2,6-9H2,1H3. The fourth-order valence-corrected chi connectivity index (χ4v) is 4.56. The molecule has 1 fully saturated rings. The van der Waals surface area contributed by atoms with Gasteiger partial charge < -0.3 is 9.80 Å². The van der Waals surface area contributed by atoms with Gasteiger partial charge in [-0.3, -0.25) is 10.1 Å². The van der Waals surface area contributed by atoms with Gasteiger partial charge in [0.25, 0.3) is 5.69 Å². The average Bonchev–Trinajstić information content (AvgIpc) is 3.11. The molecule has 1 saturated heterocycles. The first kappa shape index (κ1) is 18.1. The number of anilines is 1. The Kier molecular flexibility index (Phi) is 4.94. The van der Waals surface area contributed by atoms with Crippen molar-refractivity contribution in [1.29, 1.82) is 0 Å². The maximum Gasteiger partial charge on any atom is 0.270 e. The van der Waals surface area contributed by atoms with E-state index in [0.717, 1.165) is 59.9 Å². The number of rotatable bonds is 4. The lowest BCUT2D eigenvalue weighted by Crippen LogP contribution is -2.46. The van der Waals surface area contributed by atoms with Crippen LogP contribution >= 0.6 is 22.9 Å². The molecule has 2 aromatic heterocycles. The Hall–Kier alpha value is -2.29. The number of fused-ring (bicyclic) bond motifs is 1. The van der Waals surface area contributed by atoms with Gasteiger partial charge in [-0.1, -0.05) is 19.1 Å². The Bertz CT molecular complexity index is 1000. The van der Waals surface area contributed by atoms with E-state index in [2.05, 4.69) is 26.7 Å². The summed E-state index contributed by atoms with van der Waals surface area (Å²) in [5.41, 5.74) is 1.76. The summed E-state index contributed by atoms with van der Waals surface area (Å²) in [5, 5.41) is 14.3. The minimum absolute atomic E-state index is 0.0693. The molecule has 0 saturated carbocycles. The first-order valence-electron chi connectivity index (χ1n) is 8.73. The topological polar surface area (TPSA) is 75.4 Å². The Balaban J connectivity index is 1.82. The fourth-order valence-electron chi connectivity index (χ4n) is 3.40. The number of nitro benzene ring substituents is 1. The fraction of sp³-hybridized carbons (Fsp3) is 0.333. The first-order valence-corrected chi connectivity index (χ1v) is 9.99. The number of nitrogens with zero attached hydrogens (tertiary/aromatic N) is 5. The number of hydrogen-bond donors (Lipinski definition) is 0. The number of benzene rings is 1. The SMILES string of the molecule is CCN1CCN(c2nc(Cl)nc3scc(-c4cccc([N+](=O)[O-])c4)c23)CC1. The molecule has 0 amide bonds. The van der Waals surface area contributed by atoms with Crippen LogP contribution in [0.5, 0.6) is 0 Å². The number of non-ortho nitro benzene ring substituents is 1. The lowest BCUT2D eigenvalue weighted by atomic mass is 10.0. The van der Waals surface area contributed by atoms with E-state index in [1.807, 2.05) is 11.4 Å². The third-order valence-corrected chi connectivity index (χ3v) is 5.92. The van der Waals surface area contributed by atoms with Crippen LogP contribution < -0.4 is 4.90 Å². The van der Waals surface area contributed by atoms with Crippen molar-refractivity contribution in [1.82, 2.24) is 14.9 Å². The number of likely N-dealkylation sites (N-methyl/N-ethyl adjacent to an activating group) is 1. The molecule has 1 aromatic carbocycles. The van der Waals surface area contributed by atoms with Crippen molar-refractivity contribution >= 4 is 44.7 Å². The van der Waals surface area contributed by atoms with Crippen LogP contribution in [0.15, 0.2) is 29.6 Å². The highest BCUT2D eigenvalue weighted by atomic mass is 35.5. The molecule has 0 atom stereocenters. The predicted octanol–water partition coefficient (Wildman–Crippen LogP) is 4.06. The van der Waals surface area contributed by atoms with Gasteiger partial charge in [0.05, 0.1) is 10.3 Å². The van der Waals surface area contributed by atoms with E-state index in [1.54, 1.807) is 12.1 Å². The molecule has 140 valence electrons. The molecule has 1 aliphatic heterocycles. The number of thiophene rings is 1. The predicted molar refractivity (Wildman–Crippen MR) is 109 cm³/mol. The smallest absolute Gasteiger partial charge is 0.270 e. The van der Waals surface area contributed by atoms with Crippen molar-refractivity contribution in [2.75, 3.05) is 37.6 Å². The summed E-state index contributed by atoms with van der Waals surface area (Å²) in [4.78, 5) is 25.1. The number of nitro groups is 1. The lowest BCUT2D eigenvalue weighted by Gasteiger charge is -2.35. The molecule has 9 heteroatoms. The first-order chi connectivity index (χ1) is 13.1. The van der Waals surface area contributed by atoms with Crippen molar-refractivity contribution < 1.29 is 4.92 Å². The summed E-state index contributed by atoms with van der Waals surface area (Å²) in [6, 6.07) is 6.67. The van der Waals surface area contributed by atoms with E-state index in [4.69, 9.17) is 11.6 Å². The van der Waals surface area contributed by atoms with Gasteiger partial charge in [0.2, 0.25) is 5.28 Å². The summed E-state index contributed by atoms with van der Waals surface area (Å²) in [5.74, 6) is 0.809. The van der Waals surface area contributed by atoms with Gasteiger partial charge in [0.15, 0.2) is 0 Å². The Morgan fingerprint density at radius 1 is 1.26 bits per heavy atom. The second kappa shape index (κ2) is 7.38. The molecule has 1 aliphatic rings. The number of aromatic nitrogens is 2. The van der Waals surface area contributed by atoms with Crippen molar-refractivity contribution in [3.05, 3.63) is 45.0 Å². The second-order valence-electron chi connectivity index (χ2n) is 6.37. The molecule has 7 nitrogen and oxygen atoms in total. The zero-order valence-electron chi connectivity index (χ0n) is 14.8. The number of hydrogen-bond acceptors (Lipinski definition) is 7. The van der Waals surface area contributed by atoms with Crippen LogP contribution in [-0.4, -0.2) is 52.5 Å². The Morgan fingerprint density at radius 2 is 2.04 bits per heavy atom. The van der Waals surface area contributed by atoms with Crippen LogP contribution in [0.2, 0.25) is 5.28 Å². The maximum atomic E-state index is 11.2. The Labute approximate surface area is 165 Å². The normalized spacial score (nSPS) is 15.4. The van der Waals surface area contributed by atoms with Crippen LogP contribution in [0.1, 0.15) is 6.92 Å². The lowest BCUT2D eigenvalue weighted by molar-refractivity contribution is -0.384. The van der Waals surface area contributed by atoms with Crippen molar-refractivity contribution in [2.24, 2.45) is 0 Å². The number of halogens is 1. The zero-order valence-corrected chi connectivity index (χ0v) is 16.3. The molecule has 0 N–H and O–H groups in total. The third kappa shape index (κ3) is 3.47. The van der Waals surface area contributed by atoms with Crippen molar-refractivity contribution in [3.63, 3.8) is 0 Å². The minimum Gasteiger partial charge on any atom is -0.353 e. The third-order valence-electron chi connectivity index (χ3n) is 4.87. The molecular formula is C18H18ClN5O2S. The highest BCUT2D eigenvalue weighted by Crippen LogP contribution is 2.39. The molecule has 3 heterocycles. The highest BCUT2D eigenvalue weighted by Gasteiger charge is 2.23. The maximum absolute atomic E-state index is 11.2. The highest BCUT2D eigenvalue weighted by molar-refractivity contribution is 7.17. The molecule has 0 unspecified atom stereocenters. The summed E-state index contributed by atoms with van der Waals surface area (Å²) in [6.07, 6.45) is 0. The van der Waals surface area contributed by atoms with Gasteiger partial charge in [0, 0.05) is 49.3 Å². The molecule has 0 radical (unpaired) electrons. The summed E-state index contributed by atoms with van der Waals surface area (Å²) in [7, 11) is 0. The van der Waals surface area contributed by atoms with E-state index >= 15 is 0 Å². The van der Waals surface area contributed by atoms with E-state index < -0.39 is 0 Å². The van der Waals surface area contributed by atoms with Gasteiger partial charge in [-0.15, -0.1) is 11.3 Å². The molecular weight excluding hydrogens is 386 g/mol. The van der Waals surface area contributed by atoms with Gasteiger partial charge in [-0.25, -0.2) is 4.98 Å². The molecule has 0 spiro atoms. The van der Waals surface area contributed by atoms with Crippen LogP contribution in [0.4, 0.5) is 11.5 Å². The minimum atomic E-state index is -0.379. The van der Waals surface area contributed by atoms with E-state index in [1.165, 1.54) is 17.4 Å². The largest absolute Gasteiger partial charge is 0.353 e. The van der Waals surface area contributed by atoms with E-state index in [9.17, 15) is 10.1 Å². The molecule has 0 bridgehead atoms. The van der Waals surface area contributed by atoms with Crippen molar-refractivity contribution in [3.8, 4) is 11.1 Å². The second-order valence-corrected chi connectivity index (χ2v) is 7.57. The molecule has 4 rings (SSSR count). The van der Waals surface area contributed by atoms with E-state index in [0.29, 0.717) is 0 Å². The molecule has 27 heavy (non-hydrogen) atoms. The van der Waals surface area contributed by atoms with Crippen LogP contribution in [-0.2, 0) is 0 Å². The summed E-state index contributed by atoms with van der Waals surface area (Å²) < 4.78 is 0. The van der Waals surface area contributed by atoms with Gasteiger partial charge >= 0.3 is 0 Å². The molecule has 0 aliphatic carbocycles. The van der Waals surface area contributed by atoms with Gasteiger partial charge in [-0.2, -0.15) is 4.98 Å². The quantitative estimate of drug-likeness (QED) is 0.371.